The fourth-order valence-electron chi connectivity index (χ4n) is 3.33. The van der Waals surface area contributed by atoms with Crippen LogP contribution in [0.2, 0.25) is 0 Å². The average molecular weight is 387 g/mol. The van der Waals surface area contributed by atoms with Crippen LogP contribution >= 0.6 is 0 Å². The molecular weight excluding hydrogens is 366 g/mol. The van der Waals surface area contributed by atoms with Crippen LogP contribution in [0.15, 0.2) is 42.5 Å². The molecule has 7 nitrogen and oxygen atoms in total. The van der Waals surface area contributed by atoms with E-state index in [-0.39, 0.29) is 17.9 Å². The molecule has 1 aliphatic rings. The molecule has 2 N–H and O–H groups in total. The summed E-state index contributed by atoms with van der Waals surface area (Å²) in [7, 11) is -3.36. The molecule has 0 bridgehead atoms. The predicted molar refractivity (Wildman–Crippen MR) is 106 cm³/mol. The fraction of sp³-hybridized carbons (Fsp3) is 0.263. The van der Waals surface area contributed by atoms with Crippen LogP contribution in [0.3, 0.4) is 0 Å². The molecule has 0 saturated heterocycles. The van der Waals surface area contributed by atoms with Crippen molar-refractivity contribution in [2.75, 3.05) is 21.2 Å². The zero-order chi connectivity index (χ0) is 19.8. The second kappa shape index (κ2) is 7.03. The zero-order valence-corrected chi connectivity index (χ0v) is 16.1. The number of fused-ring (bicyclic) bond motifs is 1. The van der Waals surface area contributed by atoms with E-state index < -0.39 is 10.0 Å². The number of carbonyl (C=O) groups excluding carboxylic acids is 2. The Morgan fingerprint density at radius 3 is 2.37 bits per heavy atom. The Hall–Kier alpha value is -2.87. The molecule has 0 fully saturated rings. The van der Waals surface area contributed by atoms with Crippen molar-refractivity contribution in [3.63, 3.8) is 0 Å². The van der Waals surface area contributed by atoms with Gasteiger partial charge in [-0.15, -0.1) is 0 Å². The number of sulfonamides is 1. The molecule has 2 aromatic rings. The first kappa shape index (κ1) is 18.9. The molecular formula is C19H21N3O4S. The average Bonchev–Trinajstić information content (AvgIpc) is 2.89. The normalized spacial score (nSPS) is 16.0. The van der Waals surface area contributed by atoms with Crippen LogP contribution in [-0.4, -0.2) is 32.5 Å². The van der Waals surface area contributed by atoms with Gasteiger partial charge in [-0.25, -0.2) is 8.42 Å². The van der Waals surface area contributed by atoms with Gasteiger partial charge in [-0.2, -0.15) is 0 Å². The van der Waals surface area contributed by atoms with Gasteiger partial charge < -0.3 is 10.6 Å². The van der Waals surface area contributed by atoms with Gasteiger partial charge in [0.2, 0.25) is 15.9 Å². The molecule has 8 heteroatoms. The van der Waals surface area contributed by atoms with Crippen molar-refractivity contribution in [1.82, 2.24) is 0 Å². The maximum absolute atomic E-state index is 12.6. The molecule has 0 aliphatic carbocycles. The highest BCUT2D eigenvalue weighted by Crippen LogP contribution is 2.34. The summed E-state index contributed by atoms with van der Waals surface area (Å²) in [6, 6.07) is 11.7. The minimum absolute atomic E-state index is 0.178. The number of rotatable bonds is 4. The minimum atomic E-state index is -3.36. The van der Waals surface area contributed by atoms with Gasteiger partial charge in [0.05, 0.1) is 11.9 Å². The van der Waals surface area contributed by atoms with Crippen molar-refractivity contribution in [1.29, 1.82) is 0 Å². The topological polar surface area (TPSA) is 95.6 Å². The summed E-state index contributed by atoms with van der Waals surface area (Å²) in [6.45, 7) is 3.25. The van der Waals surface area contributed by atoms with Crippen molar-refractivity contribution in [3.05, 3.63) is 53.6 Å². The second-order valence-corrected chi connectivity index (χ2v) is 8.53. The van der Waals surface area contributed by atoms with Crippen LogP contribution in [-0.2, 0) is 21.2 Å². The Labute approximate surface area is 158 Å². The van der Waals surface area contributed by atoms with Crippen molar-refractivity contribution >= 4 is 38.9 Å². The van der Waals surface area contributed by atoms with E-state index in [1.54, 1.807) is 42.5 Å². The van der Waals surface area contributed by atoms with Crippen LogP contribution in [0.1, 0.15) is 29.8 Å². The summed E-state index contributed by atoms with van der Waals surface area (Å²) in [4.78, 5) is 23.7. The van der Waals surface area contributed by atoms with Gasteiger partial charge in [-0.1, -0.05) is 6.07 Å². The van der Waals surface area contributed by atoms with E-state index in [0.717, 1.165) is 5.56 Å². The largest absolute Gasteiger partial charge is 0.326 e. The van der Waals surface area contributed by atoms with Crippen LogP contribution in [0, 0.1) is 0 Å². The van der Waals surface area contributed by atoms with Crippen LogP contribution in [0.5, 0.6) is 0 Å². The Morgan fingerprint density at radius 2 is 1.74 bits per heavy atom. The third-order valence-electron chi connectivity index (χ3n) is 4.29. The first-order valence-electron chi connectivity index (χ1n) is 8.46. The van der Waals surface area contributed by atoms with Crippen LogP contribution in [0.25, 0.3) is 0 Å². The molecule has 1 heterocycles. The summed E-state index contributed by atoms with van der Waals surface area (Å²) in [5.74, 6) is -0.495. The molecule has 2 aromatic carbocycles. The van der Waals surface area contributed by atoms with E-state index in [9.17, 15) is 18.0 Å². The molecule has 0 radical (unpaired) electrons. The number of benzene rings is 2. The molecule has 2 amide bonds. The number of amides is 2. The van der Waals surface area contributed by atoms with Gasteiger partial charge in [0.1, 0.15) is 0 Å². The van der Waals surface area contributed by atoms with Gasteiger partial charge in [-0.3, -0.25) is 13.9 Å². The zero-order valence-electron chi connectivity index (χ0n) is 15.3. The van der Waals surface area contributed by atoms with E-state index >= 15 is 0 Å². The Bertz CT molecular complexity index is 1020. The molecule has 1 aliphatic heterocycles. The number of hydrogen-bond acceptors (Lipinski definition) is 4. The van der Waals surface area contributed by atoms with Crippen molar-refractivity contribution < 1.29 is 18.0 Å². The molecule has 1 atom stereocenters. The highest BCUT2D eigenvalue weighted by Gasteiger charge is 2.32. The Balaban J connectivity index is 1.82. The summed E-state index contributed by atoms with van der Waals surface area (Å²) in [5.41, 5.74) is 3.03. The SMILES string of the molecule is CC(=O)Nc1cccc(NC(=O)c2ccc3c(c2)CC(C)N3S(C)(=O)=O)c1. The lowest BCUT2D eigenvalue weighted by atomic mass is 10.1. The Kier molecular flexibility index (Phi) is 4.93. The van der Waals surface area contributed by atoms with Crippen molar-refractivity contribution in [3.8, 4) is 0 Å². The number of nitrogens with one attached hydrogen (secondary N) is 2. The molecule has 0 saturated carbocycles. The van der Waals surface area contributed by atoms with Gasteiger partial charge in [0.15, 0.2) is 0 Å². The molecule has 0 aromatic heterocycles. The van der Waals surface area contributed by atoms with Crippen LogP contribution < -0.4 is 14.9 Å². The number of carbonyl (C=O) groups is 2. The minimum Gasteiger partial charge on any atom is -0.326 e. The van der Waals surface area contributed by atoms with Crippen molar-refractivity contribution in [2.45, 2.75) is 26.3 Å². The number of nitrogens with zero attached hydrogens (tertiary/aromatic N) is 1. The summed E-state index contributed by atoms with van der Waals surface area (Å²) in [6.07, 6.45) is 1.74. The standard InChI is InChI=1S/C19H21N3O4S/c1-12-9-15-10-14(7-8-18(15)22(12)27(3,25)26)19(24)21-17-6-4-5-16(11-17)20-13(2)23/h4-8,10-12H,9H2,1-3H3,(H,20,23)(H,21,24). The summed E-state index contributed by atoms with van der Waals surface area (Å²) in [5, 5.41) is 5.46. The van der Waals surface area contributed by atoms with Gasteiger partial charge >= 0.3 is 0 Å². The maximum Gasteiger partial charge on any atom is 0.255 e. The monoisotopic (exact) mass is 387 g/mol. The highest BCUT2D eigenvalue weighted by molar-refractivity contribution is 7.92. The lowest BCUT2D eigenvalue weighted by Crippen LogP contribution is -2.34. The smallest absolute Gasteiger partial charge is 0.255 e. The van der Waals surface area contributed by atoms with Gasteiger partial charge in [-0.05, 0) is 55.3 Å². The van der Waals surface area contributed by atoms with Crippen molar-refractivity contribution in [2.24, 2.45) is 0 Å². The lowest BCUT2D eigenvalue weighted by Gasteiger charge is -2.21. The van der Waals surface area contributed by atoms with E-state index in [0.29, 0.717) is 29.0 Å². The van der Waals surface area contributed by atoms with E-state index in [1.807, 2.05) is 6.92 Å². The first-order valence-corrected chi connectivity index (χ1v) is 10.3. The predicted octanol–water partition coefficient (Wildman–Crippen LogP) is 2.61. The number of hydrogen-bond donors (Lipinski definition) is 2. The fourth-order valence-corrected chi connectivity index (χ4v) is 4.59. The van der Waals surface area contributed by atoms with E-state index in [4.69, 9.17) is 0 Å². The first-order chi connectivity index (χ1) is 12.6. The second-order valence-electron chi connectivity index (χ2n) is 6.67. The maximum atomic E-state index is 12.6. The van der Waals surface area contributed by atoms with Gasteiger partial charge in [0.25, 0.3) is 5.91 Å². The lowest BCUT2D eigenvalue weighted by molar-refractivity contribution is -0.114. The van der Waals surface area contributed by atoms with Crippen LogP contribution in [0.4, 0.5) is 17.1 Å². The molecule has 0 spiro atoms. The molecule has 142 valence electrons. The quantitative estimate of drug-likeness (QED) is 0.843. The highest BCUT2D eigenvalue weighted by atomic mass is 32.2. The third kappa shape index (κ3) is 4.11. The van der Waals surface area contributed by atoms with E-state index in [1.165, 1.54) is 17.5 Å². The number of anilines is 3. The molecule has 27 heavy (non-hydrogen) atoms. The molecule has 1 unspecified atom stereocenters. The third-order valence-corrected chi connectivity index (χ3v) is 5.56. The summed E-state index contributed by atoms with van der Waals surface area (Å²) < 4.78 is 25.4. The summed E-state index contributed by atoms with van der Waals surface area (Å²) >= 11 is 0. The van der Waals surface area contributed by atoms with E-state index in [2.05, 4.69) is 10.6 Å². The molecule has 3 rings (SSSR count). The van der Waals surface area contributed by atoms with Gasteiger partial charge in [0, 0.05) is 29.9 Å². The Morgan fingerprint density at radius 1 is 1.07 bits per heavy atom.